The number of esters is 1. The summed E-state index contributed by atoms with van der Waals surface area (Å²) in [5.41, 5.74) is 0. The number of rotatable bonds is 2. The molecule has 6 heteroatoms. The molecule has 2 aliphatic rings. The molecule has 23 heavy (non-hydrogen) atoms. The molecule has 0 aromatic heterocycles. The van der Waals surface area contributed by atoms with Gasteiger partial charge >= 0.3 is 39.9 Å². The van der Waals surface area contributed by atoms with Crippen LogP contribution in [0.25, 0.3) is 0 Å². The summed E-state index contributed by atoms with van der Waals surface area (Å²) in [4.78, 5) is 11.1. The molecule has 0 bridgehead atoms. The zero-order valence-electron chi connectivity index (χ0n) is 12.9. The van der Waals surface area contributed by atoms with Gasteiger partial charge in [0.1, 0.15) is 6.10 Å². The summed E-state index contributed by atoms with van der Waals surface area (Å²) in [6.45, 7) is 15.0. The SMILES string of the molecule is CC(=O)O[C@H]1CCCC[C@@H]1C1[CH][CH][CH][CH][CH]1.[C-]#[O+].[C-]#[O+].[C-]#[O+].[Mn]. The molecule has 0 spiro atoms. The predicted octanol–water partition coefficient (Wildman–Crippen LogP) is 2.64. The van der Waals surface area contributed by atoms with E-state index in [0.29, 0.717) is 11.8 Å². The minimum Gasteiger partial charge on any atom is 0 e. The molecule has 6 radical (unpaired) electrons. The summed E-state index contributed by atoms with van der Waals surface area (Å²) in [6, 6.07) is 0. The standard InChI is InChI=1S/C14H19O2.3CO.Mn/c1-11(15)16-14-10-6-5-9-13(14)12-7-3-2-4-8-12;3*1-2;/h2-4,7-8,12-14H,5-6,9-10H2,1H3;;;;/t13-,14+;;;;/m1..../s1. The van der Waals surface area contributed by atoms with Crippen molar-refractivity contribution in [1.29, 1.82) is 0 Å². The molecule has 0 N–H and O–H groups in total. The van der Waals surface area contributed by atoms with Crippen molar-refractivity contribution < 1.29 is 40.6 Å². The Kier molecular flexibility index (Phi) is 22.7. The van der Waals surface area contributed by atoms with Gasteiger partial charge in [0.15, 0.2) is 0 Å². The van der Waals surface area contributed by atoms with Crippen LogP contribution in [-0.4, -0.2) is 12.1 Å². The van der Waals surface area contributed by atoms with Crippen molar-refractivity contribution in [3.8, 4) is 0 Å². The molecule has 0 aliphatic heterocycles. The molecule has 2 fully saturated rings. The zero-order chi connectivity index (χ0) is 17.4. The Hall–Kier alpha value is -0.791. The molecular weight excluding hydrogens is 339 g/mol. The second kappa shape index (κ2) is 19.3. The van der Waals surface area contributed by atoms with E-state index < -0.39 is 0 Å². The van der Waals surface area contributed by atoms with Crippen molar-refractivity contribution in [3.63, 3.8) is 0 Å². The van der Waals surface area contributed by atoms with Gasteiger partial charge in [-0.15, -0.1) is 0 Å². The van der Waals surface area contributed by atoms with Crippen LogP contribution < -0.4 is 0 Å². The first-order valence-electron chi connectivity index (χ1n) is 6.74. The van der Waals surface area contributed by atoms with Crippen molar-refractivity contribution in [2.24, 2.45) is 11.8 Å². The quantitative estimate of drug-likeness (QED) is 0.329. The molecule has 0 aromatic rings. The third-order valence-corrected chi connectivity index (χ3v) is 3.45. The molecule has 0 amide bonds. The molecule has 5 nitrogen and oxygen atoms in total. The molecule has 0 saturated heterocycles. The fourth-order valence-electron chi connectivity index (χ4n) is 2.72. The first kappa shape index (κ1) is 27.1. The van der Waals surface area contributed by atoms with Crippen molar-refractivity contribution in [2.45, 2.75) is 38.7 Å². The molecule has 2 saturated carbocycles. The molecular formula is C17H19MnO5. The van der Waals surface area contributed by atoms with E-state index in [2.05, 4.69) is 45.6 Å². The van der Waals surface area contributed by atoms with E-state index >= 15 is 0 Å². The van der Waals surface area contributed by atoms with Gasteiger partial charge in [-0.2, -0.15) is 0 Å². The van der Waals surface area contributed by atoms with Gasteiger partial charge in [0.05, 0.1) is 0 Å². The maximum Gasteiger partial charge on any atom is 0 e. The van der Waals surface area contributed by atoms with E-state index in [1.807, 2.05) is 6.42 Å². The van der Waals surface area contributed by atoms with Crippen molar-refractivity contribution in [1.82, 2.24) is 0 Å². The van der Waals surface area contributed by atoms with Crippen LogP contribution in [0, 0.1) is 63.9 Å². The average molecular weight is 358 g/mol. The van der Waals surface area contributed by atoms with E-state index in [9.17, 15) is 4.79 Å². The van der Waals surface area contributed by atoms with Gasteiger partial charge in [-0.05, 0) is 63.2 Å². The van der Waals surface area contributed by atoms with Crippen molar-refractivity contribution in [3.05, 3.63) is 52.1 Å². The summed E-state index contributed by atoms with van der Waals surface area (Å²) in [5.74, 6) is 0.765. The van der Waals surface area contributed by atoms with Gasteiger partial charge in [-0.25, -0.2) is 0 Å². The Morgan fingerprint density at radius 2 is 1.43 bits per heavy atom. The summed E-state index contributed by atoms with van der Waals surface area (Å²) in [5, 5.41) is 0. The number of carbonyl (C=O) groups excluding carboxylic acids is 1. The van der Waals surface area contributed by atoms with E-state index in [4.69, 9.17) is 18.7 Å². The van der Waals surface area contributed by atoms with Crippen LogP contribution in [0.1, 0.15) is 32.6 Å². The van der Waals surface area contributed by atoms with Crippen LogP contribution in [0.4, 0.5) is 0 Å². The first-order valence-corrected chi connectivity index (χ1v) is 6.74. The molecule has 0 aromatic carbocycles. The van der Waals surface area contributed by atoms with Gasteiger partial charge < -0.3 is 4.74 Å². The fourth-order valence-corrected chi connectivity index (χ4v) is 2.72. The van der Waals surface area contributed by atoms with E-state index in [0.717, 1.165) is 12.8 Å². The smallest absolute Gasteiger partial charge is 0 e. The van der Waals surface area contributed by atoms with Gasteiger partial charge in [-0.1, -0.05) is 6.42 Å². The van der Waals surface area contributed by atoms with E-state index in [1.165, 1.54) is 19.8 Å². The van der Waals surface area contributed by atoms with Crippen LogP contribution in [0.2, 0.25) is 0 Å². The molecule has 0 heterocycles. The van der Waals surface area contributed by atoms with Crippen LogP contribution in [-0.2, 0) is 40.6 Å². The van der Waals surface area contributed by atoms with Crippen LogP contribution in [0.3, 0.4) is 0 Å². The number of ether oxygens (including phenoxy) is 1. The van der Waals surface area contributed by atoms with Crippen LogP contribution in [0.15, 0.2) is 0 Å². The Morgan fingerprint density at radius 1 is 0.957 bits per heavy atom. The van der Waals surface area contributed by atoms with Crippen LogP contribution in [0.5, 0.6) is 0 Å². The Labute approximate surface area is 149 Å². The third-order valence-electron chi connectivity index (χ3n) is 3.45. The van der Waals surface area contributed by atoms with Gasteiger partial charge in [-0.3, -0.25) is 4.79 Å². The predicted molar refractivity (Wildman–Crippen MR) is 74.3 cm³/mol. The average Bonchev–Trinajstić information content (AvgIpc) is 2.61. The third kappa shape index (κ3) is 11.4. The second-order valence-corrected chi connectivity index (χ2v) is 4.64. The summed E-state index contributed by atoms with van der Waals surface area (Å²) in [6.07, 6.45) is 15.4. The number of hydrogen-bond acceptors (Lipinski definition) is 2. The Bertz CT molecular complexity index is 330. The number of hydrogen-bond donors (Lipinski definition) is 0. The Morgan fingerprint density at radius 3 is 1.91 bits per heavy atom. The summed E-state index contributed by atoms with van der Waals surface area (Å²) in [7, 11) is 0. The molecule has 2 aliphatic carbocycles. The second-order valence-electron chi connectivity index (χ2n) is 4.64. The minimum absolute atomic E-state index is 0. The number of carbonyl (C=O) groups is 1. The molecule has 2 rings (SSSR count). The molecule has 2 atom stereocenters. The largest absolute Gasteiger partial charge is 0 e. The van der Waals surface area contributed by atoms with Gasteiger partial charge in [0.25, 0.3) is 0 Å². The monoisotopic (exact) mass is 358 g/mol. The minimum atomic E-state index is -0.146. The fraction of sp³-hybridized carbons (Fsp3) is 0.471. The van der Waals surface area contributed by atoms with Crippen molar-refractivity contribution >= 4 is 5.97 Å². The summed E-state index contributed by atoms with van der Waals surface area (Å²) < 4.78 is 27.9. The molecule has 124 valence electrons. The maximum atomic E-state index is 11.1. The van der Waals surface area contributed by atoms with Crippen molar-refractivity contribution in [2.75, 3.05) is 0 Å². The van der Waals surface area contributed by atoms with E-state index in [-0.39, 0.29) is 29.1 Å². The molecule has 0 unspecified atom stereocenters. The van der Waals surface area contributed by atoms with Gasteiger partial charge in [0.2, 0.25) is 0 Å². The van der Waals surface area contributed by atoms with Crippen LogP contribution >= 0.6 is 0 Å². The van der Waals surface area contributed by atoms with E-state index in [1.54, 1.807) is 0 Å². The topological polar surface area (TPSA) is 86.0 Å². The summed E-state index contributed by atoms with van der Waals surface area (Å²) >= 11 is 0. The Balaban J connectivity index is -0.000000514. The normalized spacial score (nSPS) is 22.7. The first-order chi connectivity index (χ1) is 10.8. The van der Waals surface area contributed by atoms with Gasteiger partial charge in [0, 0.05) is 24.0 Å². The zero-order valence-corrected chi connectivity index (χ0v) is 14.0. The maximum absolute atomic E-state index is 11.1.